The molecule has 6 heteroatoms. The van der Waals surface area contributed by atoms with Gasteiger partial charge in [-0.25, -0.2) is 0 Å². The summed E-state index contributed by atoms with van der Waals surface area (Å²) >= 11 is 0. The van der Waals surface area contributed by atoms with Crippen molar-refractivity contribution in [3.8, 4) is 11.5 Å². The Hall–Kier alpha value is -2.83. The average Bonchev–Trinajstić information content (AvgIpc) is 3.15. The van der Waals surface area contributed by atoms with Crippen LogP contribution in [-0.4, -0.2) is 51.7 Å². The summed E-state index contributed by atoms with van der Waals surface area (Å²) in [5.74, 6) is 1.77. The molecule has 2 aromatic carbocycles. The highest BCUT2D eigenvalue weighted by Crippen LogP contribution is 2.27. The standard InChI is InChI=1S/C29H39N3O3/c1-22-9-10-28(23(2)17-22)35-21-29(33)11-14-31(15-12-29)20-26-7-5-8-27(19-26)34-16-6-13-32-25(4)18-24(3)30-32/h5,7-10,17-19,33H,6,11-16,20-21H2,1-4H3. The van der Waals surface area contributed by atoms with Crippen LogP contribution in [0.4, 0.5) is 0 Å². The fourth-order valence-corrected chi connectivity index (χ4v) is 4.74. The van der Waals surface area contributed by atoms with Crippen molar-refractivity contribution in [2.24, 2.45) is 0 Å². The molecule has 0 saturated carbocycles. The molecule has 0 atom stereocenters. The van der Waals surface area contributed by atoms with Gasteiger partial charge in [0.2, 0.25) is 0 Å². The Morgan fingerprint density at radius 2 is 1.77 bits per heavy atom. The van der Waals surface area contributed by atoms with E-state index < -0.39 is 5.60 Å². The van der Waals surface area contributed by atoms with Crippen molar-refractivity contribution < 1.29 is 14.6 Å². The van der Waals surface area contributed by atoms with Crippen LogP contribution in [0.3, 0.4) is 0 Å². The van der Waals surface area contributed by atoms with E-state index >= 15 is 0 Å². The van der Waals surface area contributed by atoms with Gasteiger partial charge in [-0.05, 0) is 75.9 Å². The lowest BCUT2D eigenvalue weighted by molar-refractivity contribution is -0.0538. The third-order valence-corrected chi connectivity index (χ3v) is 6.80. The number of aromatic nitrogens is 2. The molecule has 2 heterocycles. The number of rotatable bonds is 10. The highest BCUT2D eigenvalue weighted by atomic mass is 16.5. The molecule has 3 aromatic rings. The zero-order chi connectivity index (χ0) is 24.8. The summed E-state index contributed by atoms with van der Waals surface area (Å²) in [7, 11) is 0. The van der Waals surface area contributed by atoms with Gasteiger partial charge in [0.1, 0.15) is 23.7 Å². The van der Waals surface area contributed by atoms with E-state index in [0.29, 0.717) is 26.1 Å². The topological polar surface area (TPSA) is 59.8 Å². The minimum atomic E-state index is -0.774. The molecule has 4 rings (SSSR count). The molecule has 0 radical (unpaired) electrons. The van der Waals surface area contributed by atoms with Gasteiger partial charge in [0.15, 0.2) is 0 Å². The largest absolute Gasteiger partial charge is 0.494 e. The van der Waals surface area contributed by atoms with Crippen LogP contribution in [0.25, 0.3) is 0 Å². The second-order valence-electron chi connectivity index (χ2n) is 10.1. The third kappa shape index (κ3) is 7.09. The van der Waals surface area contributed by atoms with E-state index in [2.05, 4.69) is 54.2 Å². The van der Waals surface area contributed by atoms with Crippen LogP contribution < -0.4 is 9.47 Å². The van der Waals surface area contributed by atoms with Crippen LogP contribution in [0.15, 0.2) is 48.5 Å². The smallest absolute Gasteiger partial charge is 0.122 e. The Bertz CT molecular complexity index is 1120. The van der Waals surface area contributed by atoms with Gasteiger partial charge in [0.05, 0.1) is 12.3 Å². The zero-order valence-electron chi connectivity index (χ0n) is 21.6. The first-order chi connectivity index (χ1) is 16.8. The molecule has 0 unspecified atom stereocenters. The number of aliphatic hydroxyl groups is 1. The number of nitrogens with zero attached hydrogens (tertiary/aromatic N) is 3. The molecule has 1 fully saturated rings. The fraction of sp³-hybridized carbons (Fsp3) is 0.483. The summed E-state index contributed by atoms with van der Waals surface area (Å²) in [6.45, 7) is 12.7. The van der Waals surface area contributed by atoms with E-state index in [1.807, 2.05) is 36.7 Å². The quantitative estimate of drug-likeness (QED) is 0.417. The van der Waals surface area contributed by atoms with Gasteiger partial charge in [-0.1, -0.05) is 29.8 Å². The molecule has 35 heavy (non-hydrogen) atoms. The Balaban J connectivity index is 1.21. The molecule has 0 bridgehead atoms. The van der Waals surface area contributed by atoms with Crippen LogP contribution in [-0.2, 0) is 13.1 Å². The molecule has 0 amide bonds. The summed E-state index contributed by atoms with van der Waals surface area (Å²) < 4.78 is 14.0. The summed E-state index contributed by atoms with van der Waals surface area (Å²) in [5.41, 5.74) is 5.04. The SMILES string of the molecule is Cc1ccc(OCC2(O)CCN(Cc3cccc(OCCCn4nc(C)cc4C)c3)CC2)c(C)c1. The predicted octanol–water partition coefficient (Wildman–Crippen LogP) is 4.99. The highest BCUT2D eigenvalue weighted by Gasteiger charge is 2.33. The molecule has 1 saturated heterocycles. The lowest BCUT2D eigenvalue weighted by atomic mass is 9.92. The molecule has 0 spiro atoms. The second-order valence-corrected chi connectivity index (χ2v) is 10.1. The average molecular weight is 478 g/mol. The number of benzene rings is 2. The zero-order valence-corrected chi connectivity index (χ0v) is 21.6. The van der Waals surface area contributed by atoms with Gasteiger partial charge in [-0.15, -0.1) is 0 Å². The number of ether oxygens (including phenoxy) is 2. The van der Waals surface area contributed by atoms with Crippen molar-refractivity contribution in [3.05, 3.63) is 76.6 Å². The van der Waals surface area contributed by atoms with E-state index in [-0.39, 0.29) is 0 Å². The van der Waals surface area contributed by atoms with Crippen molar-refractivity contribution in [1.29, 1.82) is 0 Å². The molecule has 188 valence electrons. The van der Waals surface area contributed by atoms with Gasteiger partial charge in [0, 0.05) is 38.3 Å². The van der Waals surface area contributed by atoms with Gasteiger partial charge >= 0.3 is 0 Å². The van der Waals surface area contributed by atoms with Crippen LogP contribution in [0.5, 0.6) is 11.5 Å². The molecular weight excluding hydrogens is 438 g/mol. The highest BCUT2D eigenvalue weighted by molar-refractivity contribution is 5.35. The van der Waals surface area contributed by atoms with Gasteiger partial charge in [-0.2, -0.15) is 5.10 Å². The molecule has 6 nitrogen and oxygen atoms in total. The van der Waals surface area contributed by atoms with Crippen molar-refractivity contribution in [1.82, 2.24) is 14.7 Å². The first-order valence-corrected chi connectivity index (χ1v) is 12.7. The van der Waals surface area contributed by atoms with Crippen LogP contribution in [0, 0.1) is 27.7 Å². The number of piperidine rings is 1. The van der Waals surface area contributed by atoms with Crippen LogP contribution in [0.2, 0.25) is 0 Å². The van der Waals surface area contributed by atoms with E-state index in [9.17, 15) is 5.11 Å². The third-order valence-electron chi connectivity index (χ3n) is 6.80. The summed E-state index contributed by atoms with van der Waals surface area (Å²) in [5, 5.41) is 15.6. The van der Waals surface area contributed by atoms with Crippen LogP contribution >= 0.6 is 0 Å². The first-order valence-electron chi connectivity index (χ1n) is 12.7. The van der Waals surface area contributed by atoms with Crippen molar-refractivity contribution in [2.45, 2.75) is 65.6 Å². The number of likely N-dealkylation sites (tertiary alicyclic amines) is 1. The molecule has 1 aliphatic heterocycles. The summed E-state index contributed by atoms with van der Waals surface area (Å²) in [4.78, 5) is 2.40. The lowest BCUT2D eigenvalue weighted by Gasteiger charge is -2.38. The summed E-state index contributed by atoms with van der Waals surface area (Å²) in [6.07, 6.45) is 2.34. The van der Waals surface area contributed by atoms with E-state index in [4.69, 9.17) is 9.47 Å². The van der Waals surface area contributed by atoms with Crippen molar-refractivity contribution in [3.63, 3.8) is 0 Å². The van der Waals surface area contributed by atoms with Gasteiger partial charge in [-0.3, -0.25) is 9.58 Å². The van der Waals surface area contributed by atoms with E-state index in [1.165, 1.54) is 16.8 Å². The Morgan fingerprint density at radius 3 is 2.49 bits per heavy atom. The van der Waals surface area contributed by atoms with Crippen molar-refractivity contribution in [2.75, 3.05) is 26.3 Å². The van der Waals surface area contributed by atoms with Crippen LogP contribution in [0.1, 0.15) is 47.3 Å². The monoisotopic (exact) mass is 477 g/mol. The number of hydrogen-bond donors (Lipinski definition) is 1. The second kappa shape index (κ2) is 11.3. The maximum atomic E-state index is 11.0. The molecule has 1 aromatic heterocycles. The number of hydrogen-bond acceptors (Lipinski definition) is 5. The Morgan fingerprint density at radius 1 is 0.971 bits per heavy atom. The molecule has 1 N–H and O–H groups in total. The number of aryl methyl sites for hydroxylation is 5. The maximum Gasteiger partial charge on any atom is 0.122 e. The van der Waals surface area contributed by atoms with Gasteiger partial charge in [0.25, 0.3) is 0 Å². The Labute approximate surface area is 209 Å². The fourth-order valence-electron chi connectivity index (χ4n) is 4.74. The Kier molecular flexibility index (Phi) is 8.14. The predicted molar refractivity (Wildman–Crippen MR) is 139 cm³/mol. The normalized spacial score (nSPS) is 15.8. The first kappa shape index (κ1) is 25.3. The maximum absolute atomic E-state index is 11.0. The lowest BCUT2D eigenvalue weighted by Crippen LogP contribution is -2.47. The summed E-state index contributed by atoms with van der Waals surface area (Å²) in [6, 6.07) is 16.6. The minimum absolute atomic E-state index is 0.339. The van der Waals surface area contributed by atoms with E-state index in [0.717, 1.165) is 55.4 Å². The van der Waals surface area contributed by atoms with Gasteiger partial charge < -0.3 is 14.6 Å². The minimum Gasteiger partial charge on any atom is -0.494 e. The molecular formula is C29H39N3O3. The van der Waals surface area contributed by atoms with Crippen molar-refractivity contribution >= 4 is 0 Å². The molecule has 1 aliphatic rings. The molecule has 0 aliphatic carbocycles. The van der Waals surface area contributed by atoms with E-state index in [1.54, 1.807) is 0 Å².